The second-order valence-corrected chi connectivity index (χ2v) is 2.82. The van der Waals surface area contributed by atoms with Gasteiger partial charge in [0.25, 0.3) is 0 Å². The Bertz CT molecular complexity index is 261. The van der Waals surface area contributed by atoms with E-state index in [2.05, 4.69) is 6.08 Å². The molecule has 56 valence electrons. The van der Waals surface area contributed by atoms with Crippen LogP contribution in [0, 0.1) is 0 Å². The molecule has 0 fully saturated rings. The SMILES string of the molecule is C1=C(c2cc[o+]cc2)CCC1. The van der Waals surface area contributed by atoms with Gasteiger partial charge in [0.05, 0.1) is 0 Å². The Kier molecular flexibility index (Phi) is 1.72. The van der Waals surface area contributed by atoms with E-state index in [4.69, 9.17) is 4.42 Å². The average Bonchev–Trinajstić information content (AvgIpc) is 2.58. The van der Waals surface area contributed by atoms with E-state index in [1.165, 1.54) is 30.4 Å². The van der Waals surface area contributed by atoms with Gasteiger partial charge < -0.3 is 0 Å². The third-order valence-electron chi connectivity index (χ3n) is 2.06. The summed E-state index contributed by atoms with van der Waals surface area (Å²) in [6.45, 7) is 0. The van der Waals surface area contributed by atoms with Crippen molar-refractivity contribution in [3.8, 4) is 0 Å². The summed E-state index contributed by atoms with van der Waals surface area (Å²) in [6, 6.07) is 4.05. The Morgan fingerprint density at radius 2 is 2.00 bits per heavy atom. The van der Waals surface area contributed by atoms with Crippen LogP contribution in [0.15, 0.2) is 35.2 Å². The maximum absolute atomic E-state index is 4.95. The molecular weight excluding hydrogens is 136 g/mol. The lowest BCUT2D eigenvalue weighted by Gasteiger charge is -1.95. The maximum atomic E-state index is 4.95. The van der Waals surface area contributed by atoms with Gasteiger partial charge in [-0.1, -0.05) is 6.08 Å². The Morgan fingerprint density at radius 1 is 1.18 bits per heavy atom. The zero-order valence-corrected chi connectivity index (χ0v) is 6.42. The van der Waals surface area contributed by atoms with Gasteiger partial charge in [-0.25, -0.2) is 4.42 Å². The molecule has 0 bridgehead atoms. The Morgan fingerprint density at radius 3 is 2.64 bits per heavy atom. The fourth-order valence-corrected chi connectivity index (χ4v) is 1.47. The third-order valence-corrected chi connectivity index (χ3v) is 2.06. The molecule has 0 saturated heterocycles. The normalized spacial score (nSPS) is 16.5. The van der Waals surface area contributed by atoms with Crippen molar-refractivity contribution in [1.29, 1.82) is 0 Å². The van der Waals surface area contributed by atoms with Crippen molar-refractivity contribution >= 4 is 5.57 Å². The van der Waals surface area contributed by atoms with Crippen LogP contribution in [0.2, 0.25) is 0 Å². The molecule has 0 radical (unpaired) electrons. The molecule has 1 nitrogen and oxygen atoms in total. The standard InChI is InChI=1S/C10H11O/c1-2-4-9(3-1)10-5-7-11-8-6-10/h3,5-8H,1-2,4H2/q+1. The van der Waals surface area contributed by atoms with E-state index in [0.717, 1.165) is 0 Å². The summed E-state index contributed by atoms with van der Waals surface area (Å²) in [5.74, 6) is 0. The van der Waals surface area contributed by atoms with Crippen molar-refractivity contribution < 1.29 is 4.42 Å². The number of hydrogen-bond acceptors (Lipinski definition) is 0. The predicted octanol–water partition coefficient (Wildman–Crippen LogP) is 3.13. The molecule has 0 spiro atoms. The highest BCUT2D eigenvalue weighted by Crippen LogP contribution is 2.26. The van der Waals surface area contributed by atoms with Gasteiger partial charge in [0.2, 0.25) is 0 Å². The Labute approximate surface area is 66.4 Å². The first-order valence-corrected chi connectivity index (χ1v) is 4.02. The molecule has 0 aromatic carbocycles. The second kappa shape index (κ2) is 2.87. The lowest BCUT2D eigenvalue weighted by molar-refractivity contribution is 0.549. The minimum absolute atomic E-state index is 1.23. The van der Waals surface area contributed by atoms with Gasteiger partial charge in [0.15, 0.2) is 0 Å². The molecule has 1 heteroatoms. The monoisotopic (exact) mass is 147 g/mol. The molecule has 0 unspecified atom stereocenters. The molecule has 1 aliphatic carbocycles. The van der Waals surface area contributed by atoms with Crippen LogP contribution in [0.1, 0.15) is 24.8 Å². The van der Waals surface area contributed by atoms with Gasteiger partial charge >= 0.3 is 12.5 Å². The van der Waals surface area contributed by atoms with Crippen LogP contribution in [0.4, 0.5) is 0 Å². The van der Waals surface area contributed by atoms with E-state index in [-0.39, 0.29) is 0 Å². The molecule has 1 aliphatic rings. The van der Waals surface area contributed by atoms with E-state index in [1.807, 2.05) is 12.1 Å². The minimum Gasteiger partial charge on any atom is -0.224 e. The molecule has 0 atom stereocenters. The average molecular weight is 147 g/mol. The molecule has 0 amide bonds. The number of hydrogen-bond donors (Lipinski definition) is 0. The Balaban J connectivity index is 2.29. The van der Waals surface area contributed by atoms with Crippen LogP contribution in [0.25, 0.3) is 5.57 Å². The molecule has 11 heavy (non-hydrogen) atoms. The quantitative estimate of drug-likeness (QED) is 0.555. The topological polar surface area (TPSA) is 11.3 Å². The maximum Gasteiger partial charge on any atom is 0.318 e. The summed E-state index contributed by atoms with van der Waals surface area (Å²) in [4.78, 5) is 0. The van der Waals surface area contributed by atoms with E-state index < -0.39 is 0 Å². The van der Waals surface area contributed by atoms with Crippen LogP contribution in [0.3, 0.4) is 0 Å². The van der Waals surface area contributed by atoms with Crippen molar-refractivity contribution in [3.63, 3.8) is 0 Å². The van der Waals surface area contributed by atoms with E-state index in [0.29, 0.717) is 0 Å². The minimum atomic E-state index is 1.23. The number of allylic oxidation sites excluding steroid dienone is 2. The zero-order valence-electron chi connectivity index (χ0n) is 6.42. The largest absolute Gasteiger partial charge is 0.318 e. The molecule has 1 aromatic heterocycles. The Hall–Kier alpha value is -1.11. The van der Waals surface area contributed by atoms with Crippen LogP contribution < -0.4 is 0 Å². The highest BCUT2D eigenvalue weighted by atomic mass is 16.3. The van der Waals surface area contributed by atoms with Crippen molar-refractivity contribution in [1.82, 2.24) is 0 Å². The molecule has 0 N–H and O–H groups in total. The van der Waals surface area contributed by atoms with Crippen molar-refractivity contribution in [2.75, 3.05) is 0 Å². The molecule has 1 aromatic rings. The van der Waals surface area contributed by atoms with E-state index in [9.17, 15) is 0 Å². The van der Waals surface area contributed by atoms with E-state index in [1.54, 1.807) is 12.5 Å². The van der Waals surface area contributed by atoms with Crippen molar-refractivity contribution in [2.45, 2.75) is 19.3 Å². The lowest BCUT2D eigenvalue weighted by atomic mass is 10.1. The summed E-state index contributed by atoms with van der Waals surface area (Å²) in [5.41, 5.74) is 2.79. The lowest BCUT2D eigenvalue weighted by Crippen LogP contribution is -1.77. The van der Waals surface area contributed by atoms with Crippen LogP contribution >= 0.6 is 0 Å². The van der Waals surface area contributed by atoms with Gasteiger partial charge in [-0.15, -0.1) is 0 Å². The molecule has 0 aliphatic heterocycles. The summed E-state index contributed by atoms with van der Waals surface area (Å²) < 4.78 is 4.95. The predicted molar refractivity (Wildman–Crippen MR) is 44.9 cm³/mol. The fourth-order valence-electron chi connectivity index (χ4n) is 1.47. The van der Waals surface area contributed by atoms with Crippen molar-refractivity contribution in [2.24, 2.45) is 0 Å². The van der Waals surface area contributed by atoms with E-state index >= 15 is 0 Å². The fraction of sp³-hybridized carbons (Fsp3) is 0.300. The summed E-state index contributed by atoms with van der Waals surface area (Å²) >= 11 is 0. The first-order valence-electron chi connectivity index (χ1n) is 4.02. The molecular formula is C10H11O+. The zero-order chi connectivity index (χ0) is 7.52. The second-order valence-electron chi connectivity index (χ2n) is 2.82. The molecule has 0 saturated carbocycles. The summed E-state index contributed by atoms with van der Waals surface area (Å²) in [7, 11) is 0. The van der Waals surface area contributed by atoms with Crippen LogP contribution in [-0.2, 0) is 0 Å². The van der Waals surface area contributed by atoms with Gasteiger partial charge in [-0.3, -0.25) is 0 Å². The number of rotatable bonds is 1. The van der Waals surface area contributed by atoms with Crippen LogP contribution in [-0.4, -0.2) is 0 Å². The summed E-state index contributed by atoms with van der Waals surface area (Å²) in [5, 5.41) is 0. The van der Waals surface area contributed by atoms with Gasteiger partial charge in [0.1, 0.15) is 0 Å². The first-order chi connectivity index (χ1) is 5.47. The highest BCUT2D eigenvalue weighted by Gasteiger charge is 2.07. The third kappa shape index (κ3) is 1.32. The highest BCUT2D eigenvalue weighted by molar-refractivity contribution is 5.66. The van der Waals surface area contributed by atoms with Crippen molar-refractivity contribution in [3.05, 3.63) is 36.3 Å². The first kappa shape index (κ1) is 6.59. The molecule has 1 heterocycles. The molecule has 2 rings (SSSR count). The smallest absolute Gasteiger partial charge is 0.224 e. The van der Waals surface area contributed by atoms with Gasteiger partial charge in [-0.2, -0.15) is 0 Å². The van der Waals surface area contributed by atoms with Gasteiger partial charge in [0, 0.05) is 12.1 Å². The van der Waals surface area contributed by atoms with Gasteiger partial charge in [-0.05, 0) is 30.4 Å². The van der Waals surface area contributed by atoms with Crippen LogP contribution in [0.5, 0.6) is 0 Å². The summed E-state index contributed by atoms with van der Waals surface area (Å²) in [6.07, 6.45) is 9.55.